The Morgan fingerprint density at radius 2 is 2.22 bits per heavy atom. The molecule has 1 atom stereocenters. The summed E-state index contributed by atoms with van der Waals surface area (Å²) in [6.07, 6.45) is 0.575. The third-order valence-corrected chi connectivity index (χ3v) is 4.45. The number of hydrogen-bond acceptors (Lipinski definition) is 4. The highest BCUT2D eigenvalue weighted by Crippen LogP contribution is 2.22. The summed E-state index contributed by atoms with van der Waals surface area (Å²) in [4.78, 5) is -0.102. The third kappa shape index (κ3) is 3.43. The van der Waals surface area contributed by atoms with E-state index in [1.807, 2.05) is 13.0 Å². The molecule has 0 amide bonds. The van der Waals surface area contributed by atoms with E-state index in [0.29, 0.717) is 6.42 Å². The molecule has 0 aromatic heterocycles. The van der Waals surface area contributed by atoms with Gasteiger partial charge in [0.15, 0.2) is 0 Å². The highest BCUT2D eigenvalue weighted by atomic mass is 35.5. The van der Waals surface area contributed by atoms with Gasteiger partial charge in [-0.3, -0.25) is 0 Å². The zero-order valence-electron chi connectivity index (χ0n) is 9.85. The molecule has 0 bridgehead atoms. The first-order chi connectivity index (χ1) is 8.44. The van der Waals surface area contributed by atoms with Gasteiger partial charge in [-0.2, -0.15) is 5.26 Å². The monoisotopic (exact) mass is 287 g/mol. The number of nitrogens with two attached hydrogens (primary N) is 1. The molecule has 0 aliphatic heterocycles. The van der Waals surface area contributed by atoms with Gasteiger partial charge in [-0.25, -0.2) is 13.1 Å². The van der Waals surface area contributed by atoms with Crippen LogP contribution in [0.1, 0.15) is 18.9 Å². The van der Waals surface area contributed by atoms with Crippen LogP contribution in [-0.2, 0) is 10.0 Å². The fourth-order valence-electron chi connectivity index (χ4n) is 1.36. The second-order valence-electron chi connectivity index (χ2n) is 3.72. The van der Waals surface area contributed by atoms with Crippen molar-refractivity contribution in [3.8, 4) is 6.07 Å². The number of nitrogens with zero attached hydrogens (tertiary/aromatic N) is 1. The van der Waals surface area contributed by atoms with Gasteiger partial charge in [0, 0.05) is 12.6 Å². The number of sulfonamides is 1. The lowest BCUT2D eigenvalue weighted by atomic mass is 10.2. The van der Waals surface area contributed by atoms with Gasteiger partial charge < -0.3 is 5.73 Å². The molecular formula is C11H14ClN3O2S. The van der Waals surface area contributed by atoms with Crippen molar-refractivity contribution in [2.75, 3.05) is 6.54 Å². The molecule has 18 heavy (non-hydrogen) atoms. The highest BCUT2D eigenvalue weighted by molar-refractivity contribution is 7.89. The molecule has 1 rings (SSSR count). The summed E-state index contributed by atoms with van der Waals surface area (Å²) in [6.45, 7) is 2.03. The Hall–Kier alpha value is -1.13. The molecule has 0 aliphatic carbocycles. The van der Waals surface area contributed by atoms with Crippen LogP contribution in [0.2, 0.25) is 5.02 Å². The fourth-order valence-corrected chi connectivity index (χ4v) is 3.22. The molecular weight excluding hydrogens is 274 g/mol. The lowest BCUT2D eigenvalue weighted by Gasteiger charge is -2.15. The van der Waals surface area contributed by atoms with E-state index in [9.17, 15) is 8.42 Å². The molecule has 0 aliphatic rings. The van der Waals surface area contributed by atoms with Gasteiger partial charge in [-0.1, -0.05) is 18.5 Å². The molecule has 1 unspecified atom stereocenters. The van der Waals surface area contributed by atoms with Gasteiger partial charge >= 0.3 is 0 Å². The minimum atomic E-state index is -3.76. The van der Waals surface area contributed by atoms with Gasteiger partial charge in [0.1, 0.15) is 4.90 Å². The predicted molar refractivity (Wildman–Crippen MR) is 69.6 cm³/mol. The maximum absolute atomic E-state index is 12.1. The summed E-state index contributed by atoms with van der Waals surface area (Å²) in [5.74, 6) is 0. The first-order valence-corrected chi connectivity index (χ1v) is 7.22. The van der Waals surface area contributed by atoms with Crippen LogP contribution in [0, 0.1) is 11.3 Å². The molecule has 7 heteroatoms. The SMILES string of the molecule is CCC(CN)NS(=O)(=O)c1cc(C#N)ccc1Cl. The Kier molecular flexibility index (Phi) is 5.11. The van der Waals surface area contributed by atoms with Gasteiger partial charge in [0.05, 0.1) is 16.7 Å². The van der Waals surface area contributed by atoms with Crippen LogP contribution in [0.3, 0.4) is 0 Å². The van der Waals surface area contributed by atoms with E-state index >= 15 is 0 Å². The number of nitrogens with one attached hydrogen (secondary N) is 1. The van der Waals surface area contributed by atoms with Crippen LogP contribution < -0.4 is 10.5 Å². The molecule has 0 saturated carbocycles. The van der Waals surface area contributed by atoms with Crippen LogP contribution in [0.5, 0.6) is 0 Å². The van der Waals surface area contributed by atoms with E-state index in [-0.39, 0.29) is 28.1 Å². The number of halogens is 1. The Morgan fingerprint density at radius 3 is 2.72 bits per heavy atom. The van der Waals surface area contributed by atoms with Gasteiger partial charge in [0.2, 0.25) is 10.0 Å². The third-order valence-electron chi connectivity index (χ3n) is 2.45. The molecule has 98 valence electrons. The smallest absolute Gasteiger partial charge is 0.242 e. The van der Waals surface area contributed by atoms with Crippen LogP contribution >= 0.6 is 11.6 Å². The highest BCUT2D eigenvalue weighted by Gasteiger charge is 2.21. The predicted octanol–water partition coefficient (Wildman–Crippen LogP) is 1.23. The molecule has 3 N–H and O–H groups in total. The van der Waals surface area contributed by atoms with E-state index in [1.54, 1.807) is 0 Å². The minimum absolute atomic E-state index is 0.0772. The zero-order chi connectivity index (χ0) is 13.8. The average molecular weight is 288 g/mol. The molecule has 1 aromatic carbocycles. The van der Waals surface area contributed by atoms with Crippen molar-refractivity contribution in [1.29, 1.82) is 5.26 Å². The summed E-state index contributed by atoms with van der Waals surface area (Å²) in [5.41, 5.74) is 5.69. The molecule has 0 saturated heterocycles. The Labute approximate surface area is 112 Å². The molecule has 1 aromatic rings. The molecule has 0 heterocycles. The van der Waals surface area contributed by atoms with Gasteiger partial charge in [-0.15, -0.1) is 0 Å². The van der Waals surface area contributed by atoms with Gasteiger partial charge in [0.25, 0.3) is 0 Å². The second kappa shape index (κ2) is 6.16. The second-order valence-corrected chi connectivity index (χ2v) is 5.81. The standard InChI is InChI=1S/C11H14ClN3O2S/c1-2-9(7-14)15-18(16,17)11-5-8(6-13)3-4-10(11)12/h3-5,9,15H,2,7,14H2,1H3. The Bertz CT molecular complexity index is 562. The van der Waals surface area contributed by atoms with Crippen LogP contribution in [-0.4, -0.2) is 21.0 Å². The van der Waals surface area contributed by atoms with Crippen LogP contribution in [0.25, 0.3) is 0 Å². The van der Waals surface area contributed by atoms with Gasteiger partial charge in [-0.05, 0) is 24.6 Å². The Morgan fingerprint density at radius 1 is 1.56 bits per heavy atom. The lowest BCUT2D eigenvalue weighted by Crippen LogP contribution is -2.39. The van der Waals surface area contributed by atoms with Crippen molar-refractivity contribution >= 4 is 21.6 Å². The van der Waals surface area contributed by atoms with Crippen molar-refractivity contribution in [2.45, 2.75) is 24.3 Å². The first kappa shape index (κ1) is 14.9. The van der Waals surface area contributed by atoms with Crippen molar-refractivity contribution in [3.63, 3.8) is 0 Å². The summed E-state index contributed by atoms with van der Waals surface area (Å²) >= 11 is 5.85. The summed E-state index contributed by atoms with van der Waals surface area (Å²) in [5, 5.41) is 8.84. The van der Waals surface area contributed by atoms with E-state index in [2.05, 4.69) is 4.72 Å². The maximum Gasteiger partial charge on any atom is 0.242 e. The normalized spacial score (nSPS) is 13.0. The summed E-state index contributed by atoms with van der Waals surface area (Å²) in [6, 6.07) is 5.61. The summed E-state index contributed by atoms with van der Waals surface area (Å²) in [7, 11) is -3.76. The molecule has 0 spiro atoms. The average Bonchev–Trinajstić information content (AvgIpc) is 2.36. The van der Waals surface area contributed by atoms with Crippen LogP contribution in [0.15, 0.2) is 23.1 Å². The number of hydrogen-bond donors (Lipinski definition) is 2. The molecule has 0 radical (unpaired) electrons. The fraction of sp³-hybridized carbons (Fsp3) is 0.364. The number of rotatable bonds is 5. The van der Waals surface area contributed by atoms with E-state index in [4.69, 9.17) is 22.6 Å². The van der Waals surface area contributed by atoms with E-state index < -0.39 is 10.0 Å². The molecule has 0 fully saturated rings. The minimum Gasteiger partial charge on any atom is -0.329 e. The largest absolute Gasteiger partial charge is 0.329 e. The zero-order valence-corrected chi connectivity index (χ0v) is 11.4. The van der Waals surface area contributed by atoms with E-state index in [1.165, 1.54) is 18.2 Å². The van der Waals surface area contributed by atoms with Crippen LogP contribution in [0.4, 0.5) is 0 Å². The summed E-state index contributed by atoms with van der Waals surface area (Å²) < 4.78 is 26.6. The molecule has 5 nitrogen and oxygen atoms in total. The van der Waals surface area contributed by atoms with Crippen molar-refractivity contribution in [1.82, 2.24) is 4.72 Å². The topological polar surface area (TPSA) is 96.0 Å². The van der Waals surface area contributed by atoms with Crippen molar-refractivity contribution < 1.29 is 8.42 Å². The number of benzene rings is 1. The number of nitriles is 1. The van der Waals surface area contributed by atoms with Crippen molar-refractivity contribution in [2.24, 2.45) is 5.73 Å². The van der Waals surface area contributed by atoms with E-state index in [0.717, 1.165) is 0 Å². The lowest BCUT2D eigenvalue weighted by molar-refractivity contribution is 0.542. The Balaban J connectivity index is 3.16. The quantitative estimate of drug-likeness (QED) is 0.851. The first-order valence-electron chi connectivity index (χ1n) is 5.36. The van der Waals surface area contributed by atoms with Crippen molar-refractivity contribution in [3.05, 3.63) is 28.8 Å². The maximum atomic E-state index is 12.1.